The first-order valence-electron chi connectivity index (χ1n) is 6.00. The molecule has 0 saturated heterocycles. The maximum Gasteiger partial charge on any atom is 0.125 e. The van der Waals surface area contributed by atoms with E-state index in [1.165, 1.54) is 0 Å². The van der Waals surface area contributed by atoms with Gasteiger partial charge in [-0.1, -0.05) is 22.9 Å². The molecule has 0 saturated carbocycles. The van der Waals surface area contributed by atoms with Gasteiger partial charge in [0, 0.05) is 36.3 Å². The summed E-state index contributed by atoms with van der Waals surface area (Å²) in [6.45, 7) is 0. The fourth-order valence-corrected chi connectivity index (χ4v) is 2.20. The molecule has 1 unspecified atom stereocenters. The first-order chi connectivity index (χ1) is 9.13. The number of nitrogens with zero attached hydrogens (tertiary/aromatic N) is 3. The number of halogens is 1. The number of aryl methyl sites for hydroxylation is 1. The van der Waals surface area contributed by atoms with E-state index in [-0.39, 0.29) is 6.04 Å². The number of nitrogens with one attached hydrogen (secondary N) is 1. The van der Waals surface area contributed by atoms with Crippen LogP contribution in [0.4, 0.5) is 0 Å². The molecule has 1 N–H and O–H groups in total. The molecule has 0 fully saturated rings. The SMILES string of the molecule is CNC(Cc1cn(C)nn1)c1ccc(Cl)cc1OC. The zero-order valence-electron chi connectivity index (χ0n) is 11.2. The molecule has 0 aliphatic heterocycles. The van der Waals surface area contributed by atoms with Gasteiger partial charge in [0.2, 0.25) is 0 Å². The van der Waals surface area contributed by atoms with Crippen molar-refractivity contribution in [3.05, 3.63) is 40.7 Å². The van der Waals surface area contributed by atoms with Crippen LogP contribution >= 0.6 is 11.6 Å². The third kappa shape index (κ3) is 3.24. The summed E-state index contributed by atoms with van der Waals surface area (Å²) < 4.78 is 7.08. The highest BCUT2D eigenvalue weighted by atomic mass is 35.5. The van der Waals surface area contributed by atoms with Crippen LogP contribution in [0.25, 0.3) is 0 Å². The van der Waals surface area contributed by atoms with Crippen LogP contribution in [-0.2, 0) is 13.5 Å². The molecular formula is C13H17ClN4O. The summed E-state index contributed by atoms with van der Waals surface area (Å²) in [7, 11) is 5.41. The van der Waals surface area contributed by atoms with Crippen LogP contribution in [0.5, 0.6) is 5.75 Å². The van der Waals surface area contributed by atoms with Gasteiger partial charge in [0.05, 0.1) is 12.8 Å². The van der Waals surface area contributed by atoms with Gasteiger partial charge in [0.1, 0.15) is 5.75 Å². The van der Waals surface area contributed by atoms with Crippen molar-refractivity contribution in [1.82, 2.24) is 20.3 Å². The molecule has 0 spiro atoms. The molecule has 6 heteroatoms. The van der Waals surface area contributed by atoms with Crippen molar-refractivity contribution in [2.24, 2.45) is 7.05 Å². The molecule has 5 nitrogen and oxygen atoms in total. The molecular weight excluding hydrogens is 264 g/mol. The number of ether oxygens (including phenoxy) is 1. The van der Waals surface area contributed by atoms with Gasteiger partial charge >= 0.3 is 0 Å². The Balaban J connectivity index is 2.26. The summed E-state index contributed by atoms with van der Waals surface area (Å²) in [5.74, 6) is 0.774. The Kier molecular flexibility index (Phi) is 4.39. The predicted octanol–water partition coefficient (Wildman–Crippen LogP) is 1.98. The van der Waals surface area contributed by atoms with Crippen molar-refractivity contribution in [3.8, 4) is 5.75 Å². The van der Waals surface area contributed by atoms with Gasteiger partial charge in [0.25, 0.3) is 0 Å². The average molecular weight is 281 g/mol. The Bertz CT molecular complexity index is 555. The van der Waals surface area contributed by atoms with E-state index in [2.05, 4.69) is 15.6 Å². The van der Waals surface area contributed by atoms with Crippen LogP contribution < -0.4 is 10.1 Å². The molecule has 0 radical (unpaired) electrons. The van der Waals surface area contributed by atoms with E-state index in [0.717, 1.165) is 23.4 Å². The molecule has 19 heavy (non-hydrogen) atoms. The summed E-state index contributed by atoms with van der Waals surface area (Å²) in [4.78, 5) is 0. The Morgan fingerprint density at radius 2 is 2.26 bits per heavy atom. The van der Waals surface area contributed by atoms with Crippen LogP contribution in [0.1, 0.15) is 17.3 Å². The first-order valence-corrected chi connectivity index (χ1v) is 6.37. The van der Waals surface area contributed by atoms with E-state index < -0.39 is 0 Å². The van der Waals surface area contributed by atoms with Crippen molar-refractivity contribution in [2.45, 2.75) is 12.5 Å². The monoisotopic (exact) mass is 280 g/mol. The standard InChI is InChI=1S/C13H17ClN4O/c1-15-12(7-10-8-18(2)17-16-10)11-5-4-9(14)6-13(11)19-3/h4-6,8,12,15H,7H2,1-3H3. The number of benzene rings is 1. The van der Waals surface area contributed by atoms with E-state index in [4.69, 9.17) is 16.3 Å². The van der Waals surface area contributed by atoms with Crippen LogP contribution in [-0.4, -0.2) is 29.2 Å². The van der Waals surface area contributed by atoms with Crippen molar-refractivity contribution < 1.29 is 4.74 Å². The summed E-state index contributed by atoms with van der Waals surface area (Å²) >= 11 is 5.98. The number of likely N-dealkylation sites (N-methyl/N-ethyl adjacent to an activating group) is 1. The highest BCUT2D eigenvalue weighted by Crippen LogP contribution is 2.29. The first kappa shape index (κ1) is 13.8. The van der Waals surface area contributed by atoms with Crippen LogP contribution in [0.3, 0.4) is 0 Å². The summed E-state index contributed by atoms with van der Waals surface area (Å²) in [5.41, 5.74) is 1.99. The fourth-order valence-electron chi connectivity index (χ4n) is 2.04. The van der Waals surface area contributed by atoms with Crippen molar-refractivity contribution in [2.75, 3.05) is 14.2 Å². The van der Waals surface area contributed by atoms with Crippen molar-refractivity contribution in [1.29, 1.82) is 0 Å². The molecule has 0 aliphatic carbocycles. The molecule has 1 atom stereocenters. The van der Waals surface area contributed by atoms with Gasteiger partial charge < -0.3 is 10.1 Å². The Labute approximate surface area is 117 Å². The van der Waals surface area contributed by atoms with Gasteiger partial charge in [-0.15, -0.1) is 5.10 Å². The lowest BCUT2D eigenvalue weighted by molar-refractivity contribution is 0.401. The second kappa shape index (κ2) is 6.04. The maximum atomic E-state index is 5.98. The Hall–Kier alpha value is -1.59. The van der Waals surface area contributed by atoms with E-state index in [1.807, 2.05) is 38.5 Å². The molecule has 2 aromatic rings. The van der Waals surface area contributed by atoms with E-state index in [0.29, 0.717) is 5.02 Å². The van der Waals surface area contributed by atoms with Gasteiger partial charge in [-0.2, -0.15) is 0 Å². The number of hydrogen-bond donors (Lipinski definition) is 1. The summed E-state index contributed by atoms with van der Waals surface area (Å²) in [6, 6.07) is 5.75. The van der Waals surface area contributed by atoms with Crippen LogP contribution in [0.2, 0.25) is 5.02 Å². The largest absolute Gasteiger partial charge is 0.496 e. The molecule has 0 aliphatic rings. The average Bonchev–Trinajstić information content (AvgIpc) is 2.81. The smallest absolute Gasteiger partial charge is 0.125 e. The van der Waals surface area contributed by atoms with Gasteiger partial charge in [-0.25, -0.2) is 0 Å². The second-order valence-electron chi connectivity index (χ2n) is 4.32. The Morgan fingerprint density at radius 1 is 1.47 bits per heavy atom. The third-order valence-corrected chi connectivity index (χ3v) is 3.22. The zero-order chi connectivity index (χ0) is 13.8. The van der Waals surface area contributed by atoms with Crippen LogP contribution in [0, 0.1) is 0 Å². The highest BCUT2D eigenvalue weighted by Gasteiger charge is 2.16. The minimum Gasteiger partial charge on any atom is -0.496 e. The molecule has 0 bridgehead atoms. The van der Waals surface area contributed by atoms with Gasteiger partial charge in [-0.05, 0) is 19.2 Å². The zero-order valence-corrected chi connectivity index (χ0v) is 12.0. The van der Waals surface area contributed by atoms with Crippen LogP contribution in [0.15, 0.2) is 24.4 Å². The predicted molar refractivity (Wildman–Crippen MR) is 74.5 cm³/mol. The summed E-state index contributed by atoms with van der Waals surface area (Å²) in [6.07, 6.45) is 2.65. The molecule has 1 heterocycles. The fraction of sp³-hybridized carbons (Fsp3) is 0.385. The maximum absolute atomic E-state index is 5.98. The van der Waals surface area contributed by atoms with Crippen molar-refractivity contribution in [3.63, 3.8) is 0 Å². The third-order valence-electron chi connectivity index (χ3n) is 2.98. The minimum absolute atomic E-state index is 0.101. The normalized spacial score (nSPS) is 12.4. The number of rotatable bonds is 5. The topological polar surface area (TPSA) is 52.0 Å². The van der Waals surface area contributed by atoms with Gasteiger partial charge in [0.15, 0.2) is 0 Å². The highest BCUT2D eigenvalue weighted by molar-refractivity contribution is 6.30. The second-order valence-corrected chi connectivity index (χ2v) is 4.75. The van der Waals surface area contributed by atoms with E-state index in [9.17, 15) is 0 Å². The molecule has 102 valence electrons. The lowest BCUT2D eigenvalue weighted by Gasteiger charge is -2.18. The number of aromatic nitrogens is 3. The number of methoxy groups -OCH3 is 1. The van der Waals surface area contributed by atoms with Crippen molar-refractivity contribution >= 4 is 11.6 Å². The minimum atomic E-state index is 0.101. The quantitative estimate of drug-likeness (QED) is 0.910. The lowest BCUT2D eigenvalue weighted by atomic mass is 10.0. The van der Waals surface area contributed by atoms with E-state index in [1.54, 1.807) is 11.8 Å². The molecule has 2 rings (SSSR count). The summed E-state index contributed by atoms with van der Waals surface area (Å²) in [5, 5.41) is 12.0. The molecule has 1 aromatic carbocycles. The Morgan fingerprint density at radius 3 is 2.84 bits per heavy atom. The molecule has 0 amide bonds. The van der Waals surface area contributed by atoms with E-state index >= 15 is 0 Å². The molecule has 1 aromatic heterocycles. The lowest BCUT2D eigenvalue weighted by Crippen LogP contribution is -2.19. The number of hydrogen-bond acceptors (Lipinski definition) is 4. The van der Waals surface area contributed by atoms with Gasteiger partial charge in [-0.3, -0.25) is 4.68 Å².